The van der Waals surface area contributed by atoms with Crippen LogP contribution in [0.15, 0.2) is 182 Å². The average molecular weight is 913 g/mol. The lowest BCUT2D eigenvalue weighted by Crippen LogP contribution is -2.61. The van der Waals surface area contributed by atoms with Gasteiger partial charge >= 0.3 is 0 Å². The van der Waals surface area contributed by atoms with E-state index in [1.165, 1.54) is 113 Å². The molecular formula is C66H60N2O2. The number of anilines is 4. The Labute approximate surface area is 413 Å². The minimum Gasteiger partial charge on any atom is -0.371 e. The van der Waals surface area contributed by atoms with Gasteiger partial charge < -0.3 is 19.3 Å². The summed E-state index contributed by atoms with van der Waals surface area (Å²) in [6, 6.07) is 69.5. The molecule has 5 atom stereocenters. The highest BCUT2D eigenvalue weighted by molar-refractivity contribution is 5.97. The van der Waals surface area contributed by atoms with Crippen LogP contribution in [0.3, 0.4) is 0 Å². The van der Waals surface area contributed by atoms with Crippen LogP contribution in [-0.4, -0.2) is 25.3 Å². The number of methoxy groups -OCH3 is 2. The topological polar surface area (TPSA) is 24.9 Å². The SMILES string of the molecule is COC12CCCCC1(C)N(c1ccccc1)c1ccc(-c3ccc4c(c3)C3(c5ccccc5-c5ccccc53)c3cc(-c5ccc6c(c5)C5(OC)CCCC(C)C5(C)N6c5ccccc5)ccc3-4)cc12. The highest BCUT2D eigenvalue weighted by Gasteiger charge is 2.64. The van der Waals surface area contributed by atoms with E-state index in [1.54, 1.807) is 0 Å². The maximum Gasteiger partial charge on any atom is 0.118 e. The summed E-state index contributed by atoms with van der Waals surface area (Å²) in [7, 11) is 3.89. The summed E-state index contributed by atoms with van der Waals surface area (Å²) in [6.45, 7) is 7.33. The van der Waals surface area contributed by atoms with Crippen LogP contribution in [0.25, 0.3) is 44.5 Å². The summed E-state index contributed by atoms with van der Waals surface area (Å²) in [5, 5.41) is 0. The number of benzene rings is 8. The van der Waals surface area contributed by atoms with Gasteiger partial charge in [-0.05, 0) is 179 Å². The lowest BCUT2D eigenvalue weighted by Gasteiger charge is -2.54. The maximum atomic E-state index is 6.91. The summed E-state index contributed by atoms with van der Waals surface area (Å²) < 4.78 is 13.7. The van der Waals surface area contributed by atoms with Crippen molar-refractivity contribution in [2.24, 2.45) is 5.92 Å². The van der Waals surface area contributed by atoms with E-state index in [2.05, 4.69) is 213 Å². The van der Waals surface area contributed by atoms with E-state index in [9.17, 15) is 0 Å². The number of ether oxygens (including phenoxy) is 2. The van der Waals surface area contributed by atoms with Crippen molar-refractivity contribution < 1.29 is 9.47 Å². The Bertz CT molecular complexity index is 3390. The number of hydrogen-bond donors (Lipinski definition) is 0. The second-order valence-electron chi connectivity index (χ2n) is 21.7. The Balaban J connectivity index is 0.952. The van der Waals surface area contributed by atoms with E-state index in [-0.39, 0.29) is 11.1 Å². The number of rotatable bonds is 6. The van der Waals surface area contributed by atoms with Crippen molar-refractivity contribution in [1.29, 1.82) is 0 Å². The van der Waals surface area contributed by atoms with Crippen LogP contribution >= 0.6 is 0 Å². The second-order valence-corrected chi connectivity index (χ2v) is 21.7. The largest absolute Gasteiger partial charge is 0.371 e. The van der Waals surface area contributed by atoms with Gasteiger partial charge in [-0.1, -0.05) is 141 Å². The van der Waals surface area contributed by atoms with Crippen molar-refractivity contribution in [2.45, 2.75) is 93.4 Å². The Morgan fingerprint density at radius 1 is 0.414 bits per heavy atom. The van der Waals surface area contributed by atoms with Gasteiger partial charge in [0.15, 0.2) is 0 Å². The molecule has 0 radical (unpaired) electrons. The van der Waals surface area contributed by atoms with Crippen LogP contribution < -0.4 is 9.80 Å². The summed E-state index contributed by atoms with van der Waals surface area (Å²) in [5.41, 5.74) is 21.3. The lowest BCUT2D eigenvalue weighted by molar-refractivity contribution is -0.106. The quantitative estimate of drug-likeness (QED) is 0.166. The summed E-state index contributed by atoms with van der Waals surface area (Å²) >= 11 is 0. The monoisotopic (exact) mass is 912 g/mol. The molecule has 346 valence electrons. The first-order chi connectivity index (χ1) is 34.2. The molecule has 0 amide bonds. The van der Waals surface area contributed by atoms with Crippen LogP contribution in [0.2, 0.25) is 0 Å². The number of fused-ring (bicyclic) bond motifs is 16. The standard InChI is InChI=1S/C66H60N2O2/c1-43-19-18-38-65(70-5)59-42-47(31-35-61(59)68(63(43,65)3)49-22-10-7-11-23-49)45-29-33-53-52-32-28-44(39-56(52)66(57(53)40-45)54-26-14-12-24-50(54)51-25-13-15-27-55(51)66)46-30-34-60-58(41-46)64(69-4)37-17-16-36-62(64,2)67(60)48-20-8-6-9-21-48/h6-15,20-35,39-43H,16-19,36-38H2,1-5H3. The fraction of sp³-hybridized carbons (Fsp3) is 0.273. The van der Waals surface area contributed by atoms with Crippen molar-refractivity contribution in [3.63, 3.8) is 0 Å². The minimum atomic E-state index is -0.508. The molecule has 0 aromatic heterocycles. The fourth-order valence-corrected chi connectivity index (χ4v) is 15.7. The molecule has 6 aliphatic rings. The molecular weight excluding hydrogens is 853 g/mol. The van der Waals surface area contributed by atoms with E-state index in [4.69, 9.17) is 9.47 Å². The fourth-order valence-electron chi connectivity index (χ4n) is 15.7. The summed E-state index contributed by atoms with van der Waals surface area (Å²) in [4.78, 5) is 5.21. The van der Waals surface area contributed by atoms with Crippen molar-refractivity contribution in [1.82, 2.24) is 0 Å². The van der Waals surface area contributed by atoms with Gasteiger partial charge in [0, 0.05) is 48.1 Å². The molecule has 2 aliphatic heterocycles. The molecule has 2 fully saturated rings. The van der Waals surface area contributed by atoms with Crippen molar-refractivity contribution >= 4 is 22.7 Å². The summed E-state index contributed by atoms with van der Waals surface area (Å²) in [6.07, 6.45) is 7.72. The number of para-hydroxylation sites is 2. The zero-order chi connectivity index (χ0) is 47.2. The average Bonchev–Trinajstić information content (AvgIpc) is 4.04. The van der Waals surface area contributed by atoms with Gasteiger partial charge in [-0.25, -0.2) is 0 Å². The third-order valence-corrected chi connectivity index (χ3v) is 19.0. The molecule has 4 aliphatic carbocycles. The number of nitrogens with zero attached hydrogens (tertiary/aromatic N) is 2. The molecule has 0 saturated heterocycles. The molecule has 5 unspecified atom stereocenters. The van der Waals surface area contributed by atoms with Gasteiger partial charge in [0.05, 0.1) is 16.5 Å². The zero-order valence-corrected chi connectivity index (χ0v) is 41.1. The van der Waals surface area contributed by atoms with Crippen LogP contribution in [-0.2, 0) is 26.1 Å². The molecule has 8 aromatic rings. The van der Waals surface area contributed by atoms with Gasteiger partial charge in [0.1, 0.15) is 11.2 Å². The first kappa shape index (κ1) is 42.2. The predicted molar refractivity (Wildman–Crippen MR) is 286 cm³/mol. The normalized spacial score (nSPS) is 25.9. The first-order valence-corrected chi connectivity index (χ1v) is 25.8. The van der Waals surface area contributed by atoms with Crippen molar-refractivity contribution in [2.75, 3.05) is 24.0 Å². The highest BCUT2D eigenvalue weighted by Crippen LogP contribution is 2.67. The van der Waals surface area contributed by atoms with Gasteiger partial charge in [-0.15, -0.1) is 0 Å². The van der Waals surface area contributed by atoms with Crippen LogP contribution in [0.5, 0.6) is 0 Å². The molecule has 2 heterocycles. The molecule has 8 aromatic carbocycles. The van der Waals surface area contributed by atoms with Gasteiger partial charge in [-0.3, -0.25) is 0 Å². The predicted octanol–water partition coefficient (Wildman–Crippen LogP) is 16.3. The summed E-state index contributed by atoms with van der Waals surface area (Å²) in [5.74, 6) is 0.428. The second kappa shape index (κ2) is 14.9. The molecule has 4 nitrogen and oxygen atoms in total. The Morgan fingerprint density at radius 3 is 1.40 bits per heavy atom. The van der Waals surface area contributed by atoms with E-state index < -0.39 is 16.6 Å². The molecule has 4 heteroatoms. The van der Waals surface area contributed by atoms with E-state index in [1.807, 2.05) is 14.2 Å². The smallest absolute Gasteiger partial charge is 0.118 e. The molecule has 70 heavy (non-hydrogen) atoms. The van der Waals surface area contributed by atoms with Crippen LogP contribution in [0.4, 0.5) is 22.7 Å². The molecule has 0 N–H and O–H groups in total. The third-order valence-electron chi connectivity index (χ3n) is 19.0. The Hall–Kier alpha value is -6.72. The van der Waals surface area contributed by atoms with Crippen molar-refractivity contribution in [3.8, 4) is 44.5 Å². The Kier molecular flexibility index (Phi) is 8.98. The molecule has 1 spiro atoms. The zero-order valence-electron chi connectivity index (χ0n) is 41.1. The van der Waals surface area contributed by atoms with E-state index in [0.717, 1.165) is 32.1 Å². The Morgan fingerprint density at radius 2 is 0.843 bits per heavy atom. The van der Waals surface area contributed by atoms with Crippen molar-refractivity contribution in [3.05, 3.63) is 215 Å². The van der Waals surface area contributed by atoms with E-state index in [0.29, 0.717) is 5.92 Å². The van der Waals surface area contributed by atoms with Gasteiger partial charge in [0.2, 0.25) is 0 Å². The lowest BCUT2D eigenvalue weighted by atomic mass is 9.63. The molecule has 14 rings (SSSR count). The van der Waals surface area contributed by atoms with Crippen LogP contribution in [0.1, 0.15) is 99.1 Å². The molecule has 2 saturated carbocycles. The van der Waals surface area contributed by atoms with Crippen LogP contribution in [0, 0.1) is 5.92 Å². The number of hydrogen-bond acceptors (Lipinski definition) is 4. The van der Waals surface area contributed by atoms with E-state index >= 15 is 0 Å². The minimum absolute atomic E-state index is 0.209. The van der Waals surface area contributed by atoms with Gasteiger partial charge in [-0.2, -0.15) is 0 Å². The first-order valence-electron chi connectivity index (χ1n) is 25.8. The third kappa shape index (κ3) is 5.08. The highest BCUT2D eigenvalue weighted by atomic mass is 16.5. The molecule has 0 bridgehead atoms. The van der Waals surface area contributed by atoms with Gasteiger partial charge in [0.25, 0.3) is 0 Å². The maximum absolute atomic E-state index is 6.91.